The van der Waals surface area contributed by atoms with Crippen molar-refractivity contribution in [3.63, 3.8) is 0 Å². The molecule has 11 nitrogen and oxygen atoms in total. The number of anilines is 2. The molecular formula is C23H31FN8O3. The van der Waals surface area contributed by atoms with Crippen molar-refractivity contribution in [1.29, 1.82) is 0 Å². The summed E-state index contributed by atoms with van der Waals surface area (Å²) in [5.41, 5.74) is 2.38. The number of morpholine rings is 1. The number of fused-ring (bicyclic) bond motifs is 1. The van der Waals surface area contributed by atoms with Crippen molar-refractivity contribution in [2.24, 2.45) is 0 Å². The van der Waals surface area contributed by atoms with Gasteiger partial charge in [-0.1, -0.05) is 0 Å². The van der Waals surface area contributed by atoms with Gasteiger partial charge in [-0.15, -0.1) is 0 Å². The summed E-state index contributed by atoms with van der Waals surface area (Å²) < 4.78 is 27.7. The first-order valence-corrected chi connectivity index (χ1v) is 12.0. The minimum atomic E-state index is -1.31. The van der Waals surface area contributed by atoms with Crippen LogP contribution >= 0.6 is 0 Å². The van der Waals surface area contributed by atoms with E-state index in [0.29, 0.717) is 30.3 Å². The van der Waals surface area contributed by atoms with Crippen LogP contribution in [-0.4, -0.2) is 80.2 Å². The molecule has 0 radical (unpaired) electrons. The molecule has 3 aromatic rings. The fourth-order valence-corrected chi connectivity index (χ4v) is 4.61. The largest absolute Gasteiger partial charge is 0.443 e. The van der Waals surface area contributed by atoms with Gasteiger partial charge in [0, 0.05) is 55.7 Å². The van der Waals surface area contributed by atoms with Gasteiger partial charge in [0.1, 0.15) is 17.9 Å². The maximum atomic E-state index is 15.1. The number of nitrogens with one attached hydrogen (secondary N) is 3. The van der Waals surface area contributed by atoms with Gasteiger partial charge in [0.05, 0.1) is 18.9 Å². The van der Waals surface area contributed by atoms with E-state index in [2.05, 4.69) is 30.7 Å². The molecule has 2 fully saturated rings. The van der Waals surface area contributed by atoms with Gasteiger partial charge in [-0.3, -0.25) is 14.4 Å². The Morgan fingerprint density at radius 2 is 2.17 bits per heavy atom. The molecule has 1 saturated carbocycles. The van der Waals surface area contributed by atoms with E-state index in [1.165, 1.54) is 0 Å². The number of H-pyrrole nitrogens is 1. The number of halogens is 1. The summed E-state index contributed by atoms with van der Waals surface area (Å²) in [5.74, 6) is 0.667. The number of amides is 1. The summed E-state index contributed by atoms with van der Waals surface area (Å²) in [6.45, 7) is 7.65. The first-order valence-electron chi connectivity index (χ1n) is 12.0. The normalized spacial score (nSPS) is 23.1. The Hall–Kier alpha value is -3.25. The maximum Gasteiger partial charge on any atom is 0.407 e. The molecule has 3 N–H and O–H groups in total. The minimum Gasteiger partial charge on any atom is -0.443 e. The highest BCUT2D eigenvalue weighted by Gasteiger charge is 2.40. The van der Waals surface area contributed by atoms with E-state index in [4.69, 9.17) is 14.5 Å². The Labute approximate surface area is 202 Å². The third kappa shape index (κ3) is 5.38. The molecular weight excluding hydrogens is 455 g/mol. The zero-order valence-electron chi connectivity index (χ0n) is 19.9. The number of alkyl halides is 1. The predicted molar refractivity (Wildman–Crippen MR) is 126 cm³/mol. The van der Waals surface area contributed by atoms with Crippen molar-refractivity contribution in [3.05, 3.63) is 35.9 Å². The van der Waals surface area contributed by atoms with Crippen LogP contribution in [0.1, 0.15) is 44.0 Å². The fraction of sp³-hybridized carbons (Fsp3) is 0.565. The van der Waals surface area contributed by atoms with Gasteiger partial charge in [-0.05, 0) is 32.8 Å². The summed E-state index contributed by atoms with van der Waals surface area (Å²) in [6.07, 6.45) is 2.00. The lowest BCUT2D eigenvalue weighted by molar-refractivity contribution is 0.0337. The molecule has 1 amide bonds. The van der Waals surface area contributed by atoms with Gasteiger partial charge in [-0.25, -0.2) is 19.2 Å². The minimum absolute atomic E-state index is 0.0667. The van der Waals surface area contributed by atoms with Crippen molar-refractivity contribution in [1.82, 2.24) is 34.8 Å². The van der Waals surface area contributed by atoms with Crippen molar-refractivity contribution >= 4 is 23.5 Å². The lowest BCUT2D eigenvalue weighted by atomic mass is 10.0. The predicted octanol–water partition coefficient (Wildman–Crippen LogP) is 2.75. The van der Waals surface area contributed by atoms with Crippen molar-refractivity contribution in [3.8, 4) is 0 Å². The second kappa shape index (κ2) is 10.2. The van der Waals surface area contributed by atoms with Gasteiger partial charge in [0.2, 0.25) is 5.95 Å². The molecule has 35 heavy (non-hydrogen) atoms. The van der Waals surface area contributed by atoms with Gasteiger partial charge >= 0.3 is 6.09 Å². The van der Waals surface area contributed by atoms with Crippen LogP contribution < -0.4 is 10.6 Å². The Kier molecular flexibility index (Phi) is 6.82. The number of nitrogens with zero attached hydrogens (tertiary/aromatic N) is 5. The van der Waals surface area contributed by atoms with Crippen LogP contribution in [0, 0.1) is 0 Å². The van der Waals surface area contributed by atoms with E-state index < -0.39 is 24.3 Å². The summed E-state index contributed by atoms with van der Waals surface area (Å²) in [7, 11) is 0. The van der Waals surface area contributed by atoms with Crippen LogP contribution in [0.25, 0.3) is 5.65 Å². The zero-order valence-corrected chi connectivity index (χ0v) is 19.9. The van der Waals surface area contributed by atoms with Crippen LogP contribution in [0.3, 0.4) is 0 Å². The second-order valence-corrected chi connectivity index (χ2v) is 9.32. The highest BCUT2D eigenvalue weighted by atomic mass is 19.1. The van der Waals surface area contributed by atoms with Crippen LogP contribution in [-0.2, 0) is 16.0 Å². The van der Waals surface area contributed by atoms with E-state index in [1.54, 1.807) is 12.3 Å². The molecule has 4 heterocycles. The Morgan fingerprint density at radius 3 is 2.97 bits per heavy atom. The number of carbonyl (C=O) groups is 1. The van der Waals surface area contributed by atoms with E-state index in [9.17, 15) is 4.79 Å². The van der Waals surface area contributed by atoms with Crippen molar-refractivity contribution in [2.45, 2.75) is 57.5 Å². The standard InChI is InChI=1S/C23H31FN8O3/c1-14(2)26-23(33)35-18-4-3-16(21(18)24)17-11-19(30-29-17)28-22-25-6-5-20-27-15(13-32(20)22)12-31-7-9-34-10-8-31/h5-6,11,13-14,16,18,21H,3-4,7-10,12H2,1-2H3,(H,26,33)(H2,25,28,29,30)/t16-,18-,21-/m1/s1. The van der Waals surface area contributed by atoms with E-state index in [-0.39, 0.29) is 6.04 Å². The first-order chi connectivity index (χ1) is 17.0. The Balaban J connectivity index is 1.25. The average Bonchev–Trinajstić information content (AvgIpc) is 3.54. The molecule has 0 bridgehead atoms. The number of hydrogen-bond donors (Lipinski definition) is 3. The van der Waals surface area contributed by atoms with E-state index in [0.717, 1.165) is 44.2 Å². The van der Waals surface area contributed by atoms with Gasteiger partial charge in [0.15, 0.2) is 5.82 Å². The number of hydrogen-bond acceptors (Lipinski definition) is 8. The molecule has 1 aliphatic heterocycles. The van der Waals surface area contributed by atoms with Gasteiger partial charge in [-0.2, -0.15) is 5.10 Å². The number of rotatable bonds is 7. The fourth-order valence-electron chi connectivity index (χ4n) is 4.61. The second-order valence-electron chi connectivity index (χ2n) is 9.32. The molecule has 1 saturated heterocycles. The number of alkyl carbamates (subject to hydrolysis) is 1. The summed E-state index contributed by atoms with van der Waals surface area (Å²) in [6, 6.07) is 3.56. The number of aromatic amines is 1. The summed E-state index contributed by atoms with van der Waals surface area (Å²) in [5, 5.41) is 13.1. The Morgan fingerprint density at radius 1 is 1.34 bits per heavy atom. The molecule has 5 rings (SSSR count). The summed E-state index contributed by atoms with van der Waals surface area (Å²) in [4.78, 5) is 23.3. The average molecular weight is 487 g/mol. The van der Waals surface area contributed by atoms with Crippen LogP contribution in [0.15, 0.2) is 24.5 Å². The molecule has 188 valence electrons. The van der Waals surface area contributed by atoms with E-state index in [1.807, 2.05) is 30.5 Å². The third-order valence-electron chi connectivity index (χ3n) is 6.32. The molecule has 3 aromatic heterocycles. The number of ether oxygens (including phenoxy) is 2. The summed E-state index contributed by atoms with van der Waals surface area (Å²) >= 11 is 0. The van der Waals surface area contributed by atoms with Crippen molar-refractivity contribution in [2.75, 3.05) is 31.6 Å². The molecule has 2 aliphatic rings. The van der Waals surface area contributed by atoms with Crippen LogP contribution in [0.2, 0.25) is 0 Å². The smallest absolute Gasteiger partial charge is 0.407 e. The molecule has 12 heteroatoms. The first kappa shape index (κ1) is 23.5. The lowest BCUT2D eigenvalue weighted by Crippen LogP contribution is -2.36. The number of aromatic nitrogens is 5. The monoisotopic (exact) mass is 486 g/mol. The molecule has 1 aliphatic carbocycles. The van der Waals surface area contributed by atoms with E-state index >= 15 is 4.39 Å². The number of imidazole rings is 1. The van der Waals surface area contributed by atoms with Gasteiger partial charge < -0.3 is 20.1 Å². The number of carbonyl (C=O) groups excluding carboxylic acids is 1. The molecule has 0 spiro atoms. The van der Waals surface area contributed by atoms with Gasteiger partial charge in [0.25, 0.3) is 0 Å². The lowest BCUT2D eigenvalue weighted by Gasteiger charge is -2.25. The highest BCUT2D eigenvalue weighted by molar-refractivity contribution is 5.67. The molecule has 0 unspecified atom stereocenters. The maximum absolute atomic E-state index is 15.1. The quantitative estimate of drug-likeness (QED) is 0.466. The molecule has 0 aromatic carbocycles. The highest BCUT2D eigenvalue weighted by Crippen LogP contribution is 2.38. The van der Waals surface area contributed by atoms with Crippen LogP contribution in [0.5, 0.6) is 0 Å². The zero-order chi connectivity index (χ0) is 24.4. The third-order valence-corrected chi connectivity index (χ3v) is 6.32. The Bertz CT molecular complexity index is 1160. The van der Waals surface area contributed by atoms with Crippen molar-refractivity contribution < 1.29 is 18.7 Å². The molecule has 3 atom stereocenters. The van der Waals surface area contributed by atoms with Crippen LogP contribution in [0.4, 0.5) is 21.0 Å². The topological polar surface area (TPSA) is 122 Å². The SMILES string of the molecule is CC(C)NC(=O)O[C@@H]1CC[C@H](c2cc(Nc3nccc4nc(CN5CCOCC5)cn34)n[nH]2)[C@H]1F.